The molecule has 4 aromatic heterocycles. The minimum Gasteiger partial charge on any atom is -0.382 e. The van der Waals surface area contributed by atoms with Crippen LogP contribution in [0.4, 0.5) is 11.6 Å². The Kier molecular flexibility index (Phi) is 10.8. The van der Waals surface area contributed by atoms with Crippen LogP contribution in [0.3, 0.4) is 0 Å². The number of nitrogens with two attached hydrogens (primary N) is 1. The molecule has 8 rings (SSSR count). The summed E-state index contributed by atoms with van der Waals surface area (Å²) >= 11 is 0. The van der Waals surface area contributed by atoms with Crippen molar-refractivity contribution in [1.29, 1.82) is 0 Å². The van der Waals surface area contributed by atoms with Crippen LogP contribution in [0.15, 0.2) is 119 Å². The summed E-state index contributed by atoms with van der Waals surface area (Å²) in [6.45, 7) is 11.1. The largest absolute Gasteiger partial charge is 0.382 e. The third-order valence-electron chi connectivity index (χ3n) is 9.06. The first-order valence-electron chi connectivity index (χ1n) is 17.8. The molecule has 10 nitrogen and oxygen atoms in total. The summed E-state index contributed by atoms with van der Waals surface area (Å²) in [7, 11) is 0. The molecule has 0 spiro atoms. The van der Waals surface area contributed by atoms with Gasteiger partial charge in [0.05, 0.1) is 22.1 Å². The maximum absolute atomic E-state index is 13.1. The van der Waals surface area contributed by atoms with Gasteiger partial charge in [0.25, 0.3) is 0 Å². The fourth-order valence-corrected chi connectivity index (χ4v) is 6.87. The lowest BCUT2D eigenvalue weighted by atomic mass is 10.1. The van der Waals surface area contributed by atoms with Crippen molar-refractivity contribution in [3.8, 4) is 0 Å². The van der Waals surface area contributed by atoms with Crippen molar-refractivity contribution in [2.45, 2.75) is 61.3 Å². The highest BCUT2D eigenvalue weighted by Gasteiger charge is 2.21. The molecule has 272 valence electrons. The number of rotatable bonds is 9. The zero-order chi connectivity index (χ0) is 36.4. The number of aromatic amines is 2. The number of anilines is 2. The Hall–Kier alpha value is -6.16. The summed E-state index contributed by atoms with van der Waals surface area (Å²) in [5.74, 6) is 1.90. The van der Waals surface area contributed by atoms with E-state index in [9.17, 15) is 9.59 Å². The summed E-state index contributed by atoms with van der Waals surface area (Å²) in [5, 5.41) is 1.94. The van der Waals surface area contributed by atoms with Gasteiger partial charge in [0.15, 0.2) is 5.82 Å². The Morgan fingerprint density at radius 2 is 1.02 bits per heavy atom. The topological polar surface area (TPSA) is 131 Å². The number of para-hydroxylation sites is 2. The molecule has 53 heavy (non-hydrogen) atoms. The first kappa shape index (κ1) is 36.6. The van der Waals surface area contributed by atoms with E-state index < -0.39 is 0 Å². The zero-order valence-corrected chi connectivity index (χ0v) is 30.0. The normalized spacial score (nSPS) is 11.4. The molecule has 0 amide bonds. The number of nitrogens with one attached hydrogen (secondary N) is 2. The van der Waals surface area contributed by atoms with Gasteiger partial charge in [0, 0.05) is 37.0 Å². The van der Waals surface area contributed by atoms with Crippen LogP contribution in [0.1, 0.15) is 46.2 Å². The molecule has 0 saturated heterocycles. The monoisotopic (exact) mass is 708 g/mol. The van der Waals surface area contributed by atoms with Gasteiger partial charge < -0.3 is 20.6 Å². The minimum absolute atomic E-state index is 0. The van der Waals surface area contributed by atoms with E-state index in [1.165, 1.54) is 11.1 Å². The fraction of sp³-hybridized carbons (Fsp3) is 0.256. The standard InChI is InChI=1S/C28H28N4O.C14H16N4O.CH4/c1-20(2)17-32-26-23-15-9-10-16-24(23)29-27(25(26)30-28(32)33)31(18-21-11-5-3-6-12-21)19-22-13-7-4-8-14-22;1-8(2)7-18-12-9-5-3-4-6-10(9)16-13(15)11(12)17-14(18)19;/h3-16,20H,17-19H2,1-2H3,(H,30,33);3-6,8H,7H2,1-2H3,(H2,15,16)(H,17,19);1H4. The van der Waals surface area contributed by atoms with Crippen LogP contribution >= 0.6 is 0 Å². The van der Waals surface area contributed by atoms with E-state index in [1.807, 2.05) is 59.2 Å². The number of nitrogens with zero attached hydrogens (tertiary/aromatic N) is 5. The molecule has 4 N–H and O–H groups in total. The van der Waals surface area contributed by atoms with Crippen LogP contribution in [-0.2, 0) is 26.2 Å². The highest BCUT2D eigenvalue weighted by molar-refractivity contribution is 6.07. The molecule has 0 aliphatic rings. The zero-order valence-electron chi connectivity index (χ0n) is 30.0. The third kappa shape index (κ3) is 7.58. The van der Waals surface area contributed by atoms with Gasteiger partial charge in [-0.2, -0.15) is 0 Å². The fourth-order valence-electron chi connectivity index (χ4n) is 6.87. The lowest BCUT2D eigenvalue weighted by Crippen LogP contribution is -2.23. The molecule has 10 heteroatoms. The molecule has 0 bridgehead atoms. The number of aromatic nitrogens is 6. The third-order valence-corrected chi connectivity index (χ3v) is 9.06. The van der Waals surface area contributed by atoms with Crippen molar-refractivity contribution in [3.05, 3.63) is 141 Å². The SMILES string of the molecule is C.CC(C)Cn1c(=O)[nH]c2c(N(Cc3ccccc3)Cc3ccccc3)nc3ccccc3c21.CC(C)Cn1c(=O)[nH]c2c(N)nc3ccccc3c21. The van der Waals surface area contributed by atoms with E-state index in [0.717, 1.165) is 44.2 Å². The van der Waals surface area contributed by atoms with E-state index in [2.05, 4.69) is 102 Å². The van der Waals surface area contributed by atoms with Gasteiger partial charge in [-0.3, -0.25) is 9.13 Å². The van der Waals surface area contributed by atoms with Gasteiger partial charge in [-0.1, -0.05) is 132 Å². The molecule has 4 aromatic carbocycles. The molecule has 8 aromatic rings. The molecule has 4 heterocycles. The molecule has 0 aliphatic heterocycles. The number of nitrogen functional groups attached to an aromatic ring is 1. The summed E-state index contributed by atoms with van der Waals surface area (Å²) in [4.78, 5) is 42.8. The van der Waals surface area contributed by atoms with Crippen molar-refractivity contribution in [3.63, 3.8) is 0 Å². The maximum atomic E-state index is 13.1. The number of benzene rings is 4. The van der Waals surface area contributed by atoms with E-state index in [0.29, 0.717) is 49.3 Å². The smallest absolute Gasteiger partial charge is 0.326 e. The van der Waals surface area contributed by atoms with Gasteiger partial charge in [-0.15, -0.1) is 0 Å². The van der Waals surface area contributed by atoms with Crippen molar-refractivity contribution >= 4 is 55.5 Å². The average Bonchev–Trinajstić information content (AvgIpc) is 3.64. The Labute approximate surface area is 308 Å². The van der Waals surface area contributed by atoms with Crippen molar-refractivity contribution in [2.24, 2.45) is 11.8 Å². The van der Waals surface area contributed by atoms with Gasteiger partial charge in [0.1, 0.15) is 16.9 Å². The predicted molar refractivity (Wildman–Crippen MR) is 219 cm³/mol. The highest BCUT2D eigenvalue weighted by atomic mass is 16.1. The van der Waals surface area contributed by atoms with E-state index in [1.54, 1.807) is 4.57 Å². The molecule has 0 saturated carbocycles. The molecule has 0 fully saturated rings. The second kappa shape index (κ2) is 15.6. The molecule has 0 unspecified atom stereocenters. The van der Waals surface area contributed by atoms with Crippen molar-refractivity contribution < 1.29 is 0 Å². The van der Waals surface area contributed by atoms with Crippen molar-refractivity contribution in [1.82, 2.24) is 29.1 Å². The number of hydrogen-bond acceptors (Lipinski definition) is 6. The Balaban J connectivity index is 0.000000204. The molecule has 0 aliphatic carbocycles. The van der Waals surface area contributed by atoms with Gasteiger partial charge in [-0.25, -0.2) is 19.6 Å². The van der Waals surface area contributed by atoms with Gasteiger partial charge >= 0.3 is 11.4 Å². The Morgan fingerprint density at radius 3 is 1.51 bits per heavy atom. The number of pyridine rings is 2. The minimum atomic E-state index is -0.131. The Morgan fingerprint density at radius 1 is 0.604 bits per heavy atom. The quantitative estimate of drug-likeness (QED) is 0.138. The second-order valence-corrected chi connectivity index (χ2v) is 14.1. The Bertz CT molecular complexity index is 2560. The predicted octanol–water partition coefficient (Wildman–Crippen LogP) is 8.49. The molecule has 0 radical (unpaired) electrons. The number of imidazole rings is 2. The summed E-state index contributed by atoms with van der Waals surface area (Å²) < 4.78 is 3.62. The highest BCUT2D eigenvalue weighted by Crippen LogP contribution is 2.32. The first-order chi connectivity index (χ1) is 25.2. The molecular weight excluding hydrogens is 661 g/mol. The van der Waals surface area contributed by atoms with Gasteiger partial charge in [0.2, 0.25) is 0 Å². The number of fused-ring (bicyclic) bond motifs is 6. The van der Waals surface area contributed by atoms with Crippen LogP contribution < -0.4 is 22.0 Å². The number of hydrogen-bond donors (Lipinski definition) is 3. The van der Waals surface area contributed by atoms with Crippen molar-refractivity contribution in [2.75, 3.05) is 10.6 Å². The summed E-state index contributed by atoms with van der Waals surface area (Å²) in [6, 6.07) is 36.6. The van der Waals surface area contributed by atoms with Crippen LogP contribution in [0.2, 0.25) is 0 Å². The molecular formula is C43H48N8O2. The maximum Gasteiger partial charge on any atom is 0.326 e. The molecule has 0 atom stereocenters. The number of H-pyrrole nitrogens is 2. The van der Waals surface area contributed by atoms with Crippen LogP contribution in [0.5, 0.6) is 0 Å². The van der Waals surface area contributed by atoms with E-state index >= 15 is 0 Å². The van der Waals surface area contributed by atoms with E-state index in [4.69, 9.17) is 10.7 Å². The van der Waals surface area contributed by atoms with Crippen LogP contribution in [0.25, 0.3) is 43.9 Å². The first-order valence-corrected chi connectivity index (χ1v) is 17.8. The summed E-state index contributed by atoms with van der Waals surface area (Å²) in [6.07, 6.45) is 0. The van der Waals surface area contributed by atoms with Crippen LogP contribution in [0, 0.1) is 11.8 Å². The lowest BCUT2D eigenvalue weighted by Gasteiger charge is -2.25. The van der Waals surface area contributed by atoms with Crippen LogP contribution in [-0.4, -0.2) is 29.1 Å². The second-order valence-electron chi connectivity index (χ2n) is 14.1. The summed E-state index contributed by atoms with van der Waals surface area (Å²) in [5.41, 5.74) is 13.0. The average molecular weight is 709 g/mol. The lowest BCUT2D eigenvalue weighted by molar-refractivity contribution is 0.523. The van der Waals surface area contributed by atoms with E-state index in [-0.39, 0.29) is 18.8 Å². The van der Waals surface area contributed by atoms with Gasteiger partial charge in [-0.05, 0) is 35.1 Å².